The molecule has 2 aromatic rings. The predicted molar refractivity (Wildman–Crippen MR) is 120 cm³/mol. The van der Waals surface area contributed by atoms with Gasteiger partial charge in [-0.25, -0.2) is 4.98 Å². The molecule has 1 aliphatic rings. The van der Waals surface area contributed by atoms with Crippen molar-refractivity contribution >= 4 is 33.3 Å². The molecule has 0 spiro atoms. The zero-order chi connectivity index (χ0) is 19.4. The van der Waals surface area contributed by atoms with E-state index in [1.807, 2.05) is 20.2 Å². The normalized spacial score (nSPS) is 15.0. The number of anilines is 1. The maximum Gasteiger partial charge on any atom is 0.131 e. The van der Waals surface area contributed by atoms with Crippen LogP contribution in [0.5, 0.6) is 0 Å². The second-order valence-corrected chi connectivity index (χ2v) is 8.37. The molecule has 1 aromatic carbocycles. The third kappa shape index (κ3) is 4.93. The summed E-state index contributed by atoms with van der Waals surface area (Å²) in [5.41, 5.74) is 1.11. The van der Waals surface area contributed by atoms with Crippen molar-refractivity contribution in [3.63, 3.8) is 0 Å². The number of pyridine rings is 1. The van der Waals surface area contributed by atoms with E-state index >= 15 is 0 Å². The Morgan fingerprint density at radius 2 is 1.89 bits per heavy atom. The highest BCUT2D eigenvalue weighted by molar-refractivity contribution is 8.11. The molecular weight excluding hydrogens is 352 g/mol. The largest absolute Gasteiger partial charge is 0.359 e. The highest BCUT2D eigenvalue weighted by Crippen LogP contribution is 2.32. The van der Waals surface area contributed by atoms with Crippen LogP contribution in [0.15, 0.2) is 60.9 Å². The average Bonchev–Trinajstić information content (AvgIpc) is 2.67. The molecule has 0 saturated carbocycles. The molecule has 0 amide bonds. The molecule has 0 aliphatic carbocycles. The molecular formula is C22H28N4S. The van der Waals surface area contributed by atoms with Gasteiger partial charge in [-0.2, -0.15) is 0 Å². The summed E-state index contributed by atoms with van der Waals surface area (Å²) in [5.74, 6) is 1.73. The summed E-state index contributed by atoms with van der Waals surface area (Å²) in [6.07, 6.45) is 4.17. The van der Waals surface area contributed by atoms with Crippen LogP contribution in [0.25, 0.3) is 15.7 Å². The molecule has 1 saturated heterocycles. The van der Waals surface area contributed by atoms with Gasteiger partial charge in [-0.15, -0.1) is 0 Å². The average molecular weight is 381 g/mol. The van der Waals surface area contributed by atoms with E-state index in [1.165, 1.54) is 0 Å². The fourth-order valence-corrected chi connectivity index (χ4v) is 3.98. The fourth-order valence-electron chi connectivity index (χ4n) is 3.32. The Kier molecular flexibility index (Phi) is 6.24. The van der Waals surface area contributed by atoms with E-state index in [2.05, 4.69) is 64.5 Å². The summed E-state index contributed by atoms with van der Waals surface area (Å²) < 4.78 is 0. The molecule has 4 nitrogen and oxygen atoms in total. The number of aromatic nitrogens is 1. The van der Waals surface area contributed by atoms with Gasteiger partial charge < -0.3 is 15.5 Å². The Balaban J connectivity index is 1.72. The summed E-state index contributed by atoms with van der Waals surface area (Å²) >= 11 is 1.61. The van der Waals surface area contributed by atoms with Gasteiger partial charge in [-0.1, -0.05) is 43.6 Å². The Labute approximate surface area is 166 Å². The minimum Gasteiger partial charge on any atom is -0.359 e. The van der Waals surface area contributed by atoms with E-state index in [-0.39, 0.29) is 0 Å². The molecule has 0 unspecified atom stereocenters. The summed E-state index contributed by atoms with van der Waals surface area (Å²) in [7, 11) is 2.03. The Morgan fingerprint density at radius 3 is 2.56 bits per heavy atom. The lowest BCUT2D eigenvalue weighted by Gasteiger charge is -2.34. The second kappa shape index (κ2) is 8.63. The number of benzene rings is 1. The van der Waals surface area contributed by atoms with Gasteiger partial charge in [0, 0.05) is 35.6 Å². The number of hydrogen-bond donors (Lipinski definition) is 2. The molecule has 0 radical (unpaired) electrons. The topological polar surface area (TPSA) is 40.2 Å². The van der Waals surface area contributed by atoms with Gasteiger partial charge in [0.05, 0.1) is 5.82 Å². The van der Waals surface area contributed by atoms with Crippen molar-refractivity contribution in [2.75, 3.05) is 25.5 Å². The minimum atomic E-state index is 0.608. The molecule has 27 heavy (non-hydrogen) atoms. The molecule has 1 aliphatic heterocycles. The number of nitrogens with one attached hydrogen (secondary N) is 2. The number of thioether (sulfide) groups is 1. The maximum absolute atomic E-state index is 4.54. The quantitative estimate of drug-likeness (QED) is 0.704. The van der Waals surface area contributed by atoms with Crippen molar-refractivity contribution in [2.45, 2.75) is 25.8 Å². The lowest BCUT2D eigenvalue weighted by Crippen LogP contribution is -2.41. The Hall–Kier alpha value is -2.24. The smallest absolute Gasteiger partial charge is 0.131 e. The number of nitrogens with zero attached hydrogens (tertiary/aromatic N) is 2. The van der Waals surface area contributed by atoms with Crippen LogP contribution in [0.3, 0.4) is 0 Å². The highest BCUT2D eigenvalue weighted by atomic mass is 32.2. The van der Waals surface area contributed by atoms with Gasteiger partial charge >= 0.3 is 0 Å². The summed E-state index contributed by atoms with van der Waals surface area (Å²) in [4.78, 5) is 8.88. The summed E-state index contributed by atoms with van der Waals surface area (Å²) in [6, 6.07) is 9.00. The first-order valence-corrected chi connectivity index (χ1v) is 10.1. The van der Waals surface area contributed by atoms with Crippen molar-refractivity contribution in [2.24, 2.45) is 0 Å². The van der Waals surface area contributed by atoms with Crippen LogP contribution in [-0.2, 0) is 0 Å². The van der Waals surface area contributed by atoms with Gasteiger partial charge in [-0.3, -0.25) is 0 Å². The molecule has 1 fully saturated rings. The zero-order valence-electron chi connectivity index (χ0n) is 16.2. The molecule has 3 rings (SSSR count). The van der Waals surface area contributed by atoms with Crippen LogP contribution in [-0.4, -0.2) is 36.1 Å². The Morgan fingerprint density at radius 1 is 1.15 bits per heavy atom. The standard InChI is InChI=1S/C22H28N4S/c1-15(2)27-16(3)18-6-7-19-14-24-22(13-20(19)12-18)25-17(4)26-10-8-21(23-5)9-11-26/h6-7,12-14,21,23H,1,3-4,8-11H2,2,5H3,(H,24,25). The van der Waals surface area contributed by atoms with Gasteiger partial charge in [0.25, 0.3) is 0 Å². The Bertz CT molecular complexity index is 866. The van der Waals surface area contributed by atoms with Gasteiger partial charge in [0.15, 0.2) is 0 Å². The second-order valence-electron chi connectivity index (χ2n) is 6.98. The van der Waals surface area contributed by atoms with E-state index < -0.39 is 0 Å². The molecule has 142 valence electrons. The van der Waals surface area contributed by atoms with E-state index in [1.54, 1.807) is 11.8 Å². The first-order chi connectivity index (χ1) is 13.0. The van der Waals surface area contributed by atoms with E-state index in [0.717, 1.165) is 63.7 Å². The van der Waals surface area contributed by atoms with E-state index in [9.17, 15) is 0 Å². The number of allylic oxidation sites excluding steroid dienone is 1. The number of rotatable bonds is 7. The van der Waals surface area contributed by atoms with Crippen LogP contribution >= 0.6 is 11.8 Å². The number of piperidine rings is 1. The fraction of sp³-hybridized carbons (Fsp3) is 0.318. The first-order valence-electron chi connectivity index (χ1n) is 9.27. The molecule has 1 aromatic heterocycles. The molecule has 2 N–H and O–H groups in total. The number of fused-ring (bicyclic) bond motifs is 1. The molecule has 5 heteroatoms. The lowest BCUT2D eigenvalue weighted by atomic mass is 10.1. The van der Waals surface area contributed by atoms with Crippen LogP contribution in [0, 0.1) is 0 Å². The van der Waals surface area contributed by atoms with Crippen LogP contribution < -0.4 is 10.6 Å². The summed E-state index contributed by atoms with van der Waals surface area (Å²) in [5, 5.41) is 8.98. The number of likely N-dealkylation sites (tertiary alicyclic amines) is 1. The molecule has 0 atom stereocenters. The zero-order valence-corrected chi connectivity index (χ0v) is 17.0. The van der Waals surface area contributed by atoms with Crippen molar-refractivity contribution in [3.05, 3.63) is 66.5 Å². The maximum atomic E-state index is 4.54. The van der Waals surface area contributed by atoms with E-state index in [4.69, 9.17) is 0 Å². The monoisotopic (exact) mass is 380 g/mol. The van der Waals surface area contributed by atoms with Crippen LogP contribution in [0.2, 0.25) is 0 Å². The third-order valence-electron chi connectivity index (χ3n) is 4.90. The molecule has 0 bridgehead atoms. The van der Waals surface area contributed by atoms with Crippen molar-refractivity contribution in [1.82, 2.24) is 15.2 Å². The lowest BCUT2D eigenvalue weighted by molar-refractivity contribution is 0.251. The first kappa shape index (κ1) is 19.5. The highest BCUT2D eigenvalue weighted by Gasteiger charge is 2.18. The van der Waals surface area contributed by atoms with Crippen molar-refractivity contribution in [1.29, 1.82) is 0 Å². The molecule has 2 heterocycles. The predicted octanol–water partition coefficient (Wildman–Crippen LogP) is 5.04. The number of hydrogen-bond acceptors (Lipinski definition) is 5. The third-order valence-corrected chi connectivity index (χ3v) is 5.73. The van der Waals surface area contributed by atoms with Crippen LogP contribution in [0.1, 0.15) is 25.3 Å². The van der Waals surface area contributed by atoms with Crippen molar-refractivity contribution < 1.29 is 0 Å². The van der Waals surface area contributed by atoms with Gasteiger partial charge in [0.1, 0.15) is 5.82 Å². The minimum absolute atomic E-state index is 0.608. The van der Waals surface area contributed by atoms with E-state index in [0.29, 0.717) is 6.04 Å². The van der Waals surface area contributed by atoms with Gasteiger partial charge in [0.2, 0.25) is 0 Å². The van der Waals surface area contributed by atoms with Gasteiger partial charge in [-0.05, 0) is 54.8 Å². The summed E-state index contributed by atoms with van der Waals surface area (Å²) in [6.45, 7) is 16.3. The van der Waals surface area contributed by atoms with Crippen LogP contribution in [0.4, 0.5) is 5.82 Å². The SMILES string of the molecule is C=C(C)SC(=C)c1ccc2cnc(NC(=C)N3CCC(NC)CC3)cc2c1. The van der Waals surface area contributed by atoms with Crippen molar-refractivity contribution in [3.8, 4) is 0 Å².